The van der Waals surface area contributed by atoms with Gasteiger partial charge in [0.25, 0.3) is 0 Å². The summed E-state index contributed by atoms with van der Waals surface area (Å²) in [5.41, 5.74) is 0.182. The van der Waals surface area contributed by atoms with Crippen LogP contribution in [0.2, 0.25) is 0 Å². The molecule has 1 amide bonds. The molecule has 0 aliphatic heterocycles. The van der Waals surface area contributed by atoms with Gasteiger partial charge in [0, 0.05) is 11.6 Å². The van der Waals surface area contributed by atoms with E-state index >= 15 is 0 Å². The van der Waals surface area contributed by atoms with Crippen LogP contribution >= 0.6 is 0 Å². The van der Waals surface area contributed by atoms with Crippen LogP contribution in [-0.4, -0.2) is 19.0 Å². The third-order valence-electron chi connectivity index (χ3n) is 2.70. The molecular formula is C13H16FNO3. The van der Waals surface area contributed by atoms with Crippen LogP contribution in [-0.2, 0) is 9.53 Å². The van der Waals surface area contributed by atoms with Crippen LogP contribution in [0.5, 0.6) is 0 Å². The van der Waals surface area contributed by atoms with Crippen LogP contribution < -0.4 is 5.32 Å². The van der Waals surface area contributed by atoms with Crippen molar-refractivity contribution in [1.29, 1.82) is 0 Å². The van der Waals surface area contributed by atoms with E-state index in [0.29, 0.717) is 12.1 Å². The van der Waals surface area contributed by atoms with Gasteiger partial charge in [-0.2, -0.15) is 0 Å². The zero-order chi connectivity index (χ0) is 13.7. The molecule has 18 heavy (non-hydrogen) atoms. The predicted molar refractivity (Wildman–Crippen MR) is 65.8 cm³/mol. The number of methoxy groups -OCH3 is 1. The zero-order valence-electron chi connectivity index (χ0n) is 10.6. The third-order valence-corrected chi connectivity index (χ3v) is 2.70. The predicted octanol–water partition coefficient (Wildman–Crippen LogP) is 2.60. The number of carbonyl (C=O) groups is 2. The molecular weight excluding hydrogens is 237 g/mol. The first kappa shape index (κ1) is 14.2. The number of ether oxygens (including phenoxy) is 1. The number of hydrogen-bond acceptors (Lipinski definition) is 3. The number of anilines is 1. The Morgan fingerprint density at radius 3 is 2.67 bits per heavy atom. The summed E-state index contributed by atoms with van der Waals surface area (Å²) in [4.78, 5) is 22.9. The van der Waals surface area contributed by atoms with Gasteiger partial charge in [0.05, 0.1) is 12.7 Å². The number of esters is 1. The number of nitrogens with one attached hydrogen (secondary N) is 1. The Bertz CT molecular complexity index is 460. The summed E-state index contributed by atoms with van der Waals surface area (Å²) in [6.45, 7) is 3.69. The zero-order valence-corrected chi connectivity index (χ0v) is 10.6. The second-order valence-electron chi connectivity index (χ2n) is 3.98. The number of amides is 1. The molecule has 0 saturated heterocycles. The van der Waals surface area contributed by atoms with Crippen LogP contribution in [0.3, 0.4) is 0 Å². The summed E-state index contributed by atoms with van der Waals surface area (Å²) in [6, 6.07) is 3.79. The van der Waals surface area contributed by atoms with E-state index in [9.17, 15) is 14.0 Å². The van der Waals surface area contributed by atoms with E-state index in [4.69, 9.17) is 0 Å². The van der Waals surface area contributed by atoms with Gasteiger partial charge in [-0.1, -0.05) is 13.8 Å². The molecule has 0 aromatic heterocycles. The van der Waals surface area contributed by atoms with Crippen molar-refractivity contribution in [2.24, 2.45) is 5.92 Å². The Balaban J connectivity index is 2.92. The molecule has 0 aliphatic carbocycles. The van der Waals surface area contributed by atoms with Crippen LogP contribution in [0.25, 0.3) is 0 Å². The van der Waals surface area contributed by atoms with Crippen molar-refractivity contribution in [2.75, 3.05) is 12.4 Å². The van der Waals surface area contributed by atoms with Crippen LogP contribution in [0.1, 0.15) is 30.6 Å². The largest absolute Gasteiger partial charge is 0.465 e. The van der Waals surface area contributed by atoms with Crippen molar-refractivity contribution >= 4 is 17.6 Å². The number of halogens is 1. The highest BCUT2D eigenvalue weighted by Gasteiger charge is 2.15. The van der Waals surface area contributed by atoms with Crippen molar-refractivity contribution in [1.82, 2.24) is 0 Å². The van der Waals surface area contributed by atoms with Gasteiger partial charge >= 0.3 is 5.97 Å². The number of rotatable bonds is 4. The van der Waals surface area contributed by atoms with Gasteiger partial charge in [-0.3, -0.25) is 4.79 Å². The summed E-state index contributed by atoms with van der Waals surface area (Å²) in [5.74, 6) is -1.76. The molecule has 1 rings (SSSR count). The highest BCUT2D eigenvalue weighted by Crippen LogP contribution is 2.17. The smallest absolute Gasteiger partial charge is 0.340 e. The number of carbonyl (C=O) groups excluding carboxylic acids is 2. The first-order valence-corrected chi connectivity index (χ1v) is 5.68. The van der Waals surface area contributed by atoms with Gasteiger partial charge in [-0.15, -0.1) is 0 Å². The van der Waals surface area contributed by atoms with E-state index in [2.05, 4.69) is 10.1 Å². The van der Waals surface area contributed by atoms with E-state index in [1.807, 2.05) is 6.92 Å². The Kier molecular flexibility index (Phi) is 4.83. The Morgan fingerprint density at radius 1 is 1.44 bits per heavy atom. The molecule has 0 heterocycles. The first-order chi connectivity index (χ1) is 8.49. The van der Waals surface area contributed by atoms with Crippen molar-refractivity contribution in [3.63, 3.8) is 0 Å². The Hall–Kier alpha value is -1.91. The fourth-order valence-electron chi connectivity index (χ4n) is 1.32. The lowest BCUT2D eigenvalue weighted by Crippen LogP contribution is -2.20. The summed E-state index contributed by atoms with van der Waals surface area (Å²) < 4.78 is 17.8. The fraction of sp³-hybridized carbons (Fsp3) is 0.385. The topological polar surface area (TPSA) is 55.4 Å². The third kappa shape index (κ3) is 3.29. The molecule has 0 fully saturated rings. The second kappa shape index (κ2) is 6.14. The van der Waals surface area contributed by atoms with Crippen LogP contribution in [0, 0.1) is 11.7 Å². The maximum Gasteiger partial charge on any atom is 0.340 e. The average Bonchev–Trinajstić information content (AvgIpc) is 2.38. The molecule has 4 nitrogen and oxygen atoms in total. The Morgan fingerprint density at radius 2 is 2.11 bits per heavy atom. The molecule has 1 aromatic carbocycles. The first-order valence-electron chi connectivity index (χ1n) is 5.68. The minimum Gasteiger partial charge on any atom is -0.465 e. The summed E-state index contributed by atoms with van der Waals surface area (Å²) in [5, 5.41) is 2.63. The number of benzene rings is 1. The lowest BCUT2D eigenvalue weighted by molar-refractivity contribution is -0.119. The van der Waals surface area contributed by atoms with E-state index in [-0.39, 0.29) is 17.4 Å². The minimum absolute atomic E-state index is 0.142. The normalized spacial score (nSPS) is 11.8. The quantitative estimate of drug-likeness (QED) is 0.839. The second-order valence-corrected chi connectivity index (χ2v) is 3.98. The maximum absolute atomic E-state index is 13.4. The van der Waals surface area contributed by atoms with Gasteiger partial charge in [0.15, 0.2) is 0 Å². The van der Waals surface area contributed by atoms with E-state index < -0.39 is 11.8 Å². The molecule has 1 N–H and O–H groups in total. The van der Waals surface area contributed by atoms with Gasteiger partial charge in [0.2, 0.25) is 5.91 Å². The van der Waals surface area contributed by atoms with E-state index in [1.54, 1.807) is 6.92 Å². The van der Waals surface area contributed by atoms with E-state index in [1.165, 1.54) is 19.2 Å². The maximum atomic E-state index is 13.4. The lowest BCUT2D eigenvalue weighted by atomic mass is 10.1. The standard InChI is InChI=1S/C13H16FNO3/c1-4-8(2)12(16)15-9-5-6-11(14)10(7-9)13(17)18-3/h5-8H,4H2,1-3H3,(H,15,16)/t8-/m1/s1. The highest BCUT2D eigenvalue weighted by atomic mass is 19.1. The minimum atomic E-state index is -0.771. The van der Waals surface area contributed by atoms with Crippen molar-refractivity contribution in [2.45, 2.75) is 20.3 Å². The highest BCUT2D eigenvalue weighted by molar-refractivity contribution is 5.95. The Labute approximate surface area is 105 Å². The number of hydrogen-bond donors (Lipinski definition) is 1. The molecule has 5 heteroatoms. The average molecular weight is 253 g/mol. The summed E-state index contributed by atoms with van der Waals surface area (Å²) in [7, 11) is 1.17. The van der Waals surface area contributed by atoms with Gasteiger partial charge in [-0.05, 0) is 24.6 Å². The molecule has 0 bridgehead atoms. The fourth-order valence-corrected chi connectivity index (χ4v) is 1.32. The van der Waals surface area contributed by atoms with E-state index in [0.717, 1.165) is 6.07 Å². The SMILES string of the molecule is CC[C@@H](C)C(=O)Nc1ccc(F)c(C(=O)OC)c1. The van der Waals surface area contributed by atoms with Crippen LogP contribution in [0.15, 0.2) is 18.2 Å². The van der Waals surface area contributed by atoms with Crippen molar-refractivity contribution in [3.05, 3.63) is 29.6 Å². The van der Waals surface area contributed by atoms with Crippen molar-refractivity contribution < 1.29 is 18.7 Å². The van der Waals surface area contributed by atoms with Crippen molar-refractivity contribution in [3.8, 4) is 0 Å². The van der Waals surface area contributed by atoms with Gasteiger partial charge in [0.1, 0.15) is 5.82 Å². The lowest BCUT2D eigenvalue weighted by Gasteiger charge is -2.11. The molecule has 1 atom stereocenters. The van der Waals surface area contributed by atoms with Crippen LogP contribution in [0.4, 0.5) is 10.1 Å². The molecule has 0 saturated carbocycles. The molecule has 0 spiro atoms. The monoisotopic (exact) mass is 253 g/mol. The molecule has 0 unspecified atom stereocenters. The molecule has 0 radical (unpaired) electrons. The van der Waals surface area contributed by atoms with Gasteiger partial charge in [-0.25, -0.2) is 9.18 Å². The summed E-state index contributed by atoms with van der Waals surface area (Å²) >= 11 is 0. The summed E-state index contributed by atoms with van der Waals surface area (Å²) in [6.07, 6.45) is 0.705. The molecule has 98 valence electrons. The molecule has 0 aliphatic rings. The molecule has 1 aromatic rings. The van der Waals surface area contributed by atoms with Gasteiger partial charge < -0.3 is 10.1 Å².